The molecule has 2 rings (SSSR count). The first-order valence-electron chi connectivity index (χ1n) is 8.31. The van der Waals surface area contributed by atoms with Crippen LogP contribution in [-0.4, -0.2) is 23.0 Å². The molecule has 0 unspecified atom stereocenters. The molecule has 0 bridgehead atoms. The number of carbonyl (C=O) groups excluding carboxylic acids is 1. The molecule has 0 aliphatic carbocycles. The van der Waals surface area contributed by atoms with E-state index < -0.39 is 12.0 Å². The Morgan fingerprint density at radius 2 is 1.72 bits per heavy atom. The summed E-state index contributed by atoms with van der Waals surface area (Å²) in [7, 11) is 0. The van der Waals surface area contributed by atoms with Crippen LogP contribution in [0.25, 0.3) is 0 Å². The van der Waals surface area contributed by atoms with E-state index in [-0.39, 0.29) is 12.3 Å². The van der Waals surface area contributed by atoms with Gasteiger partial charge >= 0.3 is 5.97 Å². The van der Waals surface area contributed by atoms with Gasteiger partial charge in [0.05, 0.1) is 0 Å². The van der Waals surface area contributed by atoms with Gasteiger partial charge in [-0.15, -0.1) is 0 Å². The van der Waals surface area contributed by atoms with Crippen molar-refractivity contribution in [3.63, 3.8) is 0 Å². The summed E-state index contributed by atoms with van der Waals surface area (Å²) in [5, 5.41) is 11.7. The highest BCUT2D eigenvalue weighted by Crippen LogP contribution is 2.15. The number of benzene rings is 2. The molecule has 2 aromatic rings. The standard InChI is InChI=1S/C20H24N2O3/c1-13(2)16-4-3-5-17(11-16)19(23)22-12-15-8-6-14(7-9-15)10-18(21)20(24)25/h3-9,11,13,18H,10,12,21H2,1-2H3,(H,22,23)(H,24,25)/t18-/m0/s1. The van der Waals surface area contributed by atoms with Crippen molar-refractivity contribution < 1.29 is 14.7 Å². The van der Waals surface area contributed by atoms with Crippen LogP contribution in [0, 0.1) is 0 Å². The summed E-state index contributed by atoms with van der Waals surface area (Å²) in [4.78, 5) is 23.1. The van der Waals surface area contributed by atoms with E-state index in [0.29, 0.717) is 18.0 Å². The number of nitrogens with two attached hydrogens (primary N) is 1. The molecular weight excluding hydrogens is 316 g/mol. The summed E-state index contributed by atoms with van der Waals surface area (Å²) < 4.78 is 0. The van der Waals surface area contributed by atoms with Gasteiger partial charge in [0.2, 0.25) is 0 Å². The van der Waals surface area contributed by atoms with Crippen LogP contribution in [0.2, 0.25) is 0 Å². The molecular formula is C20H24N2O3. The molecule has 0 aliphatic rings. The maximum Gasteiger partial charge on any atom is 0.320 e. The lowest BCUT2D eigenvalue weighted by atomic mass is 10.0. The number of carboxylic acid groups (broad SMARTS) is 1. The molecule has 5 heteroatoms. The Labute approximate surface area is 147 Å². The lowest BCUT2D eigenvalue weighted by Crippen LogP contribution is -2.32. The van der Waals surface area contributed by atoms with Crippen molar-refractivity contribution in [1.29, 1.82) is 0 Å². The predicted molar refractivity (Wildman–Crippen MR) is 97.5 cm³/mol. The first-order valence-corrected chi connectivity index (χ1v) is 8.31. The van der Waals surface area contributed by atoms with Gasteiger partial charge in [-0.2, -0.15) is 0 Å². The molecule has 132 valence electrons. The van der Waals surface area contributed by atoms with E-state index in [1.54, 1.807) is 6.07 Å². The Balaban J connectivity index is 1.93. The smallest absolute Gasteiger partial charge is 0.320 e. The van der Waals surface area contributed by atoms with Crippen molar-refractivity contribution in [2.75, 3.05) is 0 Å². The van der Waals surface area contributed by atoms with Gasteiger partial charge in [-0.05, 0) is 41.2 Å². The zero-order chi connectivity index (χ0) is 18.4. The first kappa shape index (κ1) is 18.7. The third-order valence-corrected chi connectivity index (χ3v) is 4.06. The summed E-state index contributed by atoms with van der Waals surface area (Å²) in [5.41, 5.74) is 9.11. The van der Waals surface area contributed by atoms with Gasteiger partial charge < -0.3 is 16.2 Å². The molecule has 25 heavy (non-hydrogen) atoms. The molecule has 4 N–H and O–H groups in total. The molecule has 0 heterocycles. The van der Waals surface area contributed by atoms with Gasteiger partial charge in [0, 0.05) is 12.1 Å². The maximum atomic E-state index is 12.3. The van der Waals surface area contributed by atoms with Gasteiger partial charge in [0.25, 0.3) is 5.91 Å². The minimum absolute atomic E-state index is 0.112. The highest BCUT2D eigenvalue weighted by molar-refractivity contribution is 5.94. The van der Waals surface area contributed by atoms with Crippen LogP contribution in [0.1, 0.15) is 46.8 Å². The Kier molecular flexibility index (Phi) is 6.31. The molecule has 0 saturated carbocycles. The number of hydrogen-bond donors (Lipinski definition) is 3. The van der Waals surface area contributed by atoms with Crippen LogP contribution in [0.5, 0.6) is 0 Å². The van der Waals surface area contributed by atoms with E-state index in [1.807, 2.05) is 42.5 Å². The Morgan fingerprint density at radius 1 is 1.08 bits per heavy atom. The minimum Gasteiger partial charge on any atom is -0.480 e. The number of carbonyl (C=O) groups is 2. The van der Waals surface area contributed by atoms with Crippen LogP contribution in [0.15, 0.2) is 48.5 Å². The lowest BCUT2D eigenvalue weighted by molar-refractivity contribution is -0.138. The van der Waals surface area contributed by atoms with E-state index in [4.69, 9.17) is 10.8 Å². The molecule has 1 amide bonds. The molecule has 0 aliphatic heterocycles. The Bertz CT molecular complexity index is 739. The molecule has 5 nitrogen and oxygen atoms in total. The normalized spacial score (nSPS) is 12.0. The highest BCUT2D eigenvalue weighted by atomic mass is 16.4. The van der Waals surface area contributed by atoms with E-state index in [2.05, 4.69) is 19.2 Å². The van der Waals surface area contributed by atoms with Gasteiger partial charge in [-0.1, -0.05) is 50.2 Å². The van der Waals surface area contributed by atoms with Crippen LogP contribution in [0.4, 0.5) is 0 Å². The number of aliphatic carboxylic acids is 1. The molecule has 0 aromatic heterocycles. The van der Waals surface area contributed by atoms with Crippen molar-refractivity contribution in [2.45, 2.75) is 38.8 Å². The van der Waals surface area contributed by atoms with Crippen LogP contribution >= 0.6 is 0 Å². The first-order chi connectivity index (χ1) is 11.9. The van der Waals surface area contributed by atoms with Gasteiger partial charge in [0.1, 0.15) is 6.04 Å². The second-order valence-electron chi connectivity index (χ2n) is 6.43. The number of hydrogen-bond acceptors (Lipinski definition) is 3. The van der Waals surface area contributed by atoms with Crippen molar-refractivity contribution in [1.82, 2.24) is 5.32 Å². The van der Waals surface area contributed by atoms with Crippen molar-refractivity contribution >= 4 is 11.9 Å². The van der Waals surface area contributed by atoms with Crippen LogP contribution in [-0.2, 0) is 17.8 Å². The lowest BCUT2D eigenvalue weighted by Gasteiger charge is -2.10. The number of nitrogens with one attached hydrogen (secondary N) is 1. The topological polar surface area (TPSA) is 92.4 Å². The third kappa shape index (κ3) is 5.43. The zero-order valence-corrected chi connectivity index (χ0v) is 14.5. The number of rotatable bonds is 7. The van der Waals surface area contributed by atoms with Crippen LogP contribution in [0.3, 0.4) is 0 Å². The fraction of sp³-hybridized carbons (Fsp3) is 0.300. The molecule has 2 aromatic carbocycles. The van der Waals surface area contributed by atoms with Gasteiger partial charge in [-0.3, -0.25) is 9.59 Å². The van der Waals surface area contributed by atoms with E-state index in [9.17, 15) is 9.59 Å². The maximum absolute atomic E-state index is 12.3. The van der Waals surface area contributed by atoms with E-state index in [0.717, 1.165) is 16.7 Å². The van der Waals surface area contributed by atoms with Crippen molar-refractivity contribution in [3.8, 4) is 0 Å². The summed E-state index contributed by atoms with van der Waals surface area (Å²) >= 11 is 0. The highest BCUT2D eigenvalue weighted by Gasteiger charge is 2.12. The average molecular weight is 340 g/mol. The van der Waals surface area contributed by atoms with Crippen LogP contribution < -0.4 is 11.1 Å². The fourth-order valence-electron chi connectivity index (χ4n) is 2.46. The molecule has 0 fully saturated rings. The van der Waals surface area contributed by atoms with Crippen molar-refractivity contribution in [3.05, 3.63) is 70.8 Å². The Hall–Kier alpha value is -2.66. The van der Waals surface area contributed by atoms with Gasteiger partial charge in [-0.25, -0.2) is 0 Å². The number of amides is 1. The number of carboxylic acids is 1. The second-order valence-corrected chi connectivity index (χ2v) is 6.43. The summed E-state index contributed by atoms with van der Waals surface area (Å²) in [6, 6.07) is 14.1. The van der Waals surface area contributed by atoms with Gasteiger partial charge in [0.15, 0.2) is 0 Å². The second kappa shape index (κ2) is 8.44. The SMILES string of the molecule is CC(C)c1cccc(C(=O)NCc2ccc(C[C@H](N)C(=O)O)cc2)c1. The summed E-state index contributed by atoms with van der Waals surface area (Å²) in [6.45, 7) is 4.60. The van der Waals surface area contributed by atoms with Crippen molar-refractivity contribution in [2.24, 2.45) is 5.73 Å². The quantitative estimate of drug-likeness (QED) is 0.722. The molecule has 0 radical (unpaired) electrons. The molecule has 1 atom stereocenters. The summed E-state index contributed by atoms with van der Waals surface area (Å²) in [5.74, 6) is -0.753. The molecule has 0 spiro atoms. The largest absolute Gasteiger partial charge is 0.480 e. The Morgan fingerprint density at radius 3 is 2.32 bits per heavy atom. The zero-order valence-electron chi connectivity index (χ0n) is 14.5. The molecule has 0 saturated heterocycles. The monoisotopic (exact) mass is 340 g/mol. The van der Waals surface area contributed by atoms with E-state index >= 15 is 0 Å². The minimum atomic E-state index is -1.01. The predicted octanol–water partition coefficient (Wildman–Crippen LogP) is 2.69. The fourth-order valence-corrected chi connectivity index (χ4v) is 2.46. The third-order valence-electron chi connectivity index (χ3n) is 4.06. The summed E-state index contributed by atoms with van der Waals surface area (Å²) in [6.07, 6.45) is 0.282. The van der Waals surface area contributed by atoms with E-state index in [1.165, 1.54) is 0 Å². The average Bonchev–Trinajstić information content (AvgIpc) is 2.60.